The summed E-state index contributed by atoms with van der Waals surface area (Å²) in [5, 5.41) is 12.3. The van der Waals surface area contributed by atoms with Gasteiger partial charge in [0, 0.05) is 41.6 Å². The lowest BCUT2D eigenvalue weighted by Crippen LogP contribution is -2.48. The Morgan fingerprint density at radius 2 is 2.00 bits per heavy atom. The van der Waals surface area contributed by atoms with Crippen LogP contribution in [0.1, 0.15) is 22.8 Å². The van der Waals surface area contributed by atoms with Gasteiger partial charge in [-0.05, 0) is 47.9 Å². The first-order valence-electron chi connectivity index (χ1n) is 10.3. The molecular formula is C24H23N3O4S. The summed E-state index contributed by atoms with van der Waals surface area (Å²) in [5.74, 6) is 0.715. The van der Waals surface area contributed by atoms with E-state index in [1.165, 1.54) is 4.31 Å². The lowest BCUT2D eigenvalue weighted by Gasteiger charge is -2.39. The maximum Gasteiger partial charge on any atom is 0.244 e. The van der Waals surface area contributed by atoms with Gasteiger partial charge < -0.3 is 14.8 Å². The molecule has 5 rings (SSSR count). The molecule has 0 aliphatic carbocycles. The molecule has 2 aromatic carbocycles. The summed E-state index contributed by atoms with van der Waals surface area (Å²) in [6.45, 7) is 0.123. The Morgan fingerprint density at radius 3 is 2.78 bits per heavy atom. The summed E-state index contributed by atoms with van der Waals surface area (Å²) in [4.78, 5) is 7.50. The number of benzene rings is 2. The molecule has 2 N–H and O–H groups in total. The first kappa shape index (κ1) is 20.7. The number of hydrogen-bond acceptors (Lipinski definition) is 5. The number of aliphatic hydroxyl groups is 1. The molecule has 0 bridgehead atoms. The number of methoxy groups -OCH3 is 1. The Hall–Kier alpha value is -3.20. The number of nitrogens with one attached hydrogen (secondary N) is 1. The first-order chi connectivity index (χ1) is 15.5. The summed E-state index contributed by atoms with van der Waals surface area (Å²) >= 11 is 0. The van der Waals surface area contributed by atoms with Gasteiger partial charge in [0.1, 0.15) is 5.75 Å². The van der Waals surface area contributed by atoms with Crippen molar-refractivity contribution in [2.24, 2.45) is 0 Å². The van der Waals surface area contributed by atoms with Crippen molar-refractivity contribution in [1.82, 2.24) is 14.3 Å². The lowest BCUT2D eigenvalue weighted by molar-refractivity contribution is 0.0771. The quantitative estimate of drug-likeness (QED) is 0.487. The van der Waals surface area contributed by atoms with Gasteiger partial charge in [0.2, 0.25) is 10.0 Å². The highest BCUT2D eigenvalue weighted by Gasteiger charge is 2.43. The molecule has 0 amide bonds. The van der Waals surface area contributed by atoms with Crippen molar-refractivity contribution in [2.75, 3.05) is 7.11 Å². The Balaban J connectivity index is 1.61. The summed E-state index contributed by atoms with van der Waals surface area (Å²) in [7, 11) is -2.21. The van der Waals surface area contributed by atoms with Gasteiger partial charge in [-0.15, -0.1) is 0 Å². The molecule has 32 heavy (non-hydrogen) atoms. The highest BCUT2D eigenvalue weighted by Crippen LogP contribution is 2.39. The maximum absolute atomic E-state index is 13.6. The van der Waals surface area contributed by atoms with E-state index in [2.05, 4.69) is 9.97 Å². The van der Waals surface area contributed by atoms with Crippen molar-refractivity contribution in [3.05, 3.63) is 89.9 Å². The Bertz CT molecular complexity index is 1370. The van der Waals surface area contributed by atoms with Crippen LogP contribution in [0.3, 0.4) is 0 Å². The van der Waals surface area contributed by atoms with Gasteiger partial charge in [-0.2, -0.15) is 4.31 Å². The van der Waals surface area contributed by atoms with Crippen LogP contribution in [-0.4, -0.2) is 40.9 Å². The number of rotatable bonds is 5. The topological polar surface area (TPSA) is 95.5 Å². The number of aliphatic hydroxyl groups excluding tert-OH is 1. The molecule has 0 saturated heterocycles. The second-order valence-electron chi connectivity index (χ2n) is 7.89. The van der Waals surface area contributed by atoms with Crippen LogP contribution in [0.4, 0.5) is 0 Å². The minimum Gasteiger partial charge on any atom is -0.497 e. The molecule has 2 aromatic heterocycles. The van der Waals surface area contributed by atoms with Crippen LogP contribution in [0.2, 0.25) is 0 Å². The molecule has 0 radical (unpaired) electrons. The van der Waals surface area contributed by atoms with E-state index in [-0.39, 0.29) is 11.4 Å². The highest BCUT2D eigenvalue weighted by atomic mass is 32.2. The van der Waals surface area contributed by atoms with Crippen molar-refractivity contribution in [3.8, 4) is 5.75 Å². The maximum atomic E-state index is 13.6. The molecule has 8 heteroatoms. The van der Waals surface area contributed by atoms with Crippen molar-refractivity contribution in [1.29, 1.82) is 0 Å². The predicted octanol–water partition coefficient (Wildman–Crippen LogP) is 3.42. The number of fused-ring (bicyclic) bond motifs is 2. The van der Waals surface area contributed by atoms with Crippen LogP contribution in [0.5, 0.6) is 5.75 Å². The third-order valence-corrected chi connectivity index (χ3v) is 7.97. The molecule has 7 nitrogen and oxygen atoms in total. The van der Waals surface area contributed by atoms with Gasteiger partial charge in [-0.25, -0.2) is 8.42 Å². The fourth-order valence-electron chi connectivity index (χ4n) is 4.40. The van der Waals surface area contributed by atoms with E-state index >= 15 is 0 Å². The van der Waals surface area contributed by atoms with Crippen LogP contribution in [0.15, 0.2) is 78.1 Å². The zero-order valence-corrected chi connectivity index (χ0v) is 18.3. The second kappa shape index (κ2) is 8.05. The van der Waals surface area contributed by atoms with E-state index in [1.807, 2.05) is 30.5 Å². The number of ether oxygens (including phenoxy) is 1. The monoisotopic (exact) mass is 449 g/mol. The normalized spacial score (nSPS) is 20.2. The molecule has 0 unspecified atom stereocenters. The zero-order chi connectivity index (χ0) is 22.3. The van der Waals surface area contributed by atoms with Gasteiger partial charge in [-0.3, -0.25) is 4.98 Å². The molecule has 3 heterocycles. The van der Waals surface area contributed by atoms with E-state index in [0.717, 1.165) is 22.0 Å². The molecule has 0 fully saturated rings. The number of aromatic amines is 1. The fourth-order valence-corrected chi connectivity index (χ4v) is 6.25. The van der Waals surface area contributed by atoms with Crippen LogP contribution in [0.25, 0.3) is 10.9 Å². The van der Waals surface area contributed by atoms with Crippen LogP contribution < -0.4 is 4.74 Å². The number of pyridine rings is 1. The van der Waals surface area contributed by atoms with Gasteiger partial charge in [0.15, 0.2) is 0 Å². The van der Waals surface area contributed by atoms with Gasteiger partial charge in [0.25, 0.3) is 0 Å². The summed E-state index contributed by atoms with van der Waals surface area (Å²) in [6, 6.07) is 15.3. The van der Waals surface area contributed by atoms with Crippen molar-refractivity contribution in [3.63, 3.8) is 0 Å². The zero-order valence-electron chi connectivity index (χ0n) is 17.5. The molecular weight excluding hydrogens is 426 g/mol. The van der Waals surface area contributed by atoms with E-state index < -0.39 is 22.2 Å². The molecule has 0 spiro atoms. The third kappa shape index (κ3) is 3.46. The van der Waals surface area contributed by atoms with E-state index in [1.54, 1.807) is 49.8 Å². The Kier molecular flexibility index (Phi) is 5.21. The molecule has 4 aromatic rings. The SMILES string of the molecule is COc1ccc2[nH]cc(C[C@@H]3[C@@H](O)c4ccccc4S(=O)(=O)N3Cc3cccnc3)c2c1. The van der Waals surface area contributed by atoms with E-state index in [4.69, 9.17) is 4.74 Å². The summed E-state index contributed by atoms with van der Waals surface area (Å²) in [5.41, 5.74) is 3.02. The first-order valence-corrected chi connectivity index (χ1v) is 11.7. The highest BCUT2D eigenvalue weighted by molar-refractivity contribution is 7.89. The summed E-state index contributed by atoms with van der Waals surface area (Å²) < 4.78 is 34.0. The smallest absolute Gasteiger partial charge is 0.244 e. The Labute approximate surface area is 186 Å². The van der Waals surface area contributed by atoms with Crippen molar-refractivity contribution >= 4 is 20.9 Å². The van der Waals surface area contributed by atoms with Crippen LogP contribution in [0, 0.1) is 0 Å². The number of hydrogen-bond donors (Lipinski definition) is 2. The average Bonchev–Trinajstić information content (AvgIpc) is 3.22. The molecule has 164 valence electrons. The lowest BCUT2D eigenvalue weighted by atomic mass is 9.95. The largest absolute Gasteiger partial charge is 0.497 e. The Morgan fingerprint density at radius 1 is 1.16 bits per heavy atom. The molecule has 1 aliphatic rings. The third-order valence-electron chi connectivity index (χ3n) is 6.02. The predicted molar refractivity (Wildman–Crippen MR) is 121 cm³/mol. The number of sulfonamides is 1. The van der Waals surface area contributed by atoms with Crippen LogP contribution in [-0.2, 0) is 23.0 Å². The molecule has 0 saturated carbocycles. The van der Waals surface area contributed by atoms with E-state index in [0.29, 0.717) is 17.7 Å². The van der Waals surface area contributed by atoms with Gasteiger partial charge >= 0.3 is 0 Å². The number of nitrogens with zero attached hydrogens (tertiary/aromatic N) is 2. The van der Waals surface area contributed by atoms with Crippen LogP contribution >= 0.6 is 0 Å². The minimum atomic E-state index is -3.82. The fraction of sp³-hybridized carbons (Fsp3) is 0.208. The van der Waals surface area contributed by atoms with E-state index in [9.17, 15) is 13.5 Å². The van der Waals surface area contributed by atoms with Crippen molar-refractivity contribution < 1.29 is 18.3 Å². The number of aromatic nitrogens is 2. The second-order valence-corrected chi connectivity index (χ2v) is 9.75. The number of H-pyrrole nitrogens is 1. The summed E-state index contributed by atoms with van der Waals surface area (Å²) in [6.07, 6.45) is 4.53. The standard InChI is InChI=1S/C24H23N3O4S/c1-31-18-8-9-21-20(12-18)17(14-26-21)11-22-24(28)19-6-2-3-7-23(19)32(29,30)27(22)15-16-5-4-10-25-13-16/h2-10,12-14,22,24,26,28H,11,15H2,1H3/t22-,24+/m1/s1. The minimum absolute atomic E-state index is 0.123. The van der Waals surface area contributed by atoms with Gasteiger partial charge in [0.05, 0.1) is 24.2 Å². The van der Waals surface area contributed by atoms with Crippen molar-refractivity contribution in [2.45, 2.75) is 30.0 Å². The van der Waals surface area contributed by atoms with Gasteiger partial charge in [-0.1, -0.05) is 24.3 Å². The molecule has 1 aliphatic heterocycles. The molecule has 2 atom stereocenters. The average molecular weight is 450 g/mol.